The molecule has 0 radical (unpaired) electrons. The first-order chi connectivity index (χ1) is 30.7. The van der Waals surface area contributed by atoms with Crippen LogP contribution >= 0.6 is 0 Å². The van der Waals surface area contributed by atoms with E-state index in [1.165, 1.54) is 38.1 Å². The number of carbonyl (C=O) groups is 1. The van der Waals surface area contributed by atoms with Crippen molar-refractivity contribution in [2.75, 3.05) is 6.61 Å². The quantitative estimate of drug-likeness (QED) is 0.0462. The van der Waals surface area contributed by atoms with Crippen LogP contribution in [0, 0.1) is 0 Å². The molecule has 3 aliphatic heterocycles. The number of phenols is 5. The highest BCUT2D eigenvalue weighted by Crippen LogP contribution is 2.41. The fraction of sp³-hybridized carbons (Fsp3) is 0.429. The SMILES string of the molecule is C[C@@H]1O[C@@H](Oc2cc(O)c3c(=O)c(O[C@@H]4O[C@@H](C)[C@H](O)[C@@H](O)[C@H]4O[C@@H]4O[C@H](COC(=O)/C=C/c5ccc(O)c(O)c5)[C@@H](O)[C@H](O)[C@H]4O)c(-c4ccc(O)c(O)c4)oc3c2)[C@H](O)[C@H](O)[C@H]1O. The van der Waals surface area contributed by atoms with E-state index >= 15 is 0 Å². The van der Waals surface area contributed by atoms with E-state index in [1.807, 2.05) is 0 Å². The van der Waals surface area contributed by atoms with Gasteiger partial charge in [-0.3, -0.25) is 4.79 Å². The first kappa shape index (κ1) is 47.2. The highest BCUT2D eigenvalue weighted by atomic mass is 16.8. The van der Waals surface area contributed by atoms with E-state index < -0.39 is 161 Å². The molecule has 0 amide bonds. The van der Waals surface area contributed by atoms with E-state index in [2.05, 4.69) is 0 Å². The highest BCUT2D eigenvalue weighted by molar-refractivity contribution is 5.89. The zero-order valence-electron chi connectivity index (χ0n) is 34.0. The second-order valence-electron chi connectivity index (χ2n) is 15.5. The van der Waals surface area contributed by atoms with E-state index in [0.29, 0.717) is 5.56 Å². The number of ether oxygens (including phenoxy) is 7. The third-order valence-corrected chi connectivity index (χ3v) is 11.0. The molecule has 4 heterocycles. The number of rotatable bonds is 11. The summed E-state index contributed by atoms with van der Waals surface area (Å²) in [6.07, 6.45) is -23.7. The lowest BCUT2D eigenvalue weighted by Crippen LogP contribution is -2.64. The minimum atomic E-state index is -2.07. The van der Waals surface area contributed by atoms with Crippen molar-refractivity contribution in [2.45, 2.75) is 106 Å². The third kappa shape index (κ3) is 9.62. The monoisotopic (exact) mass is 918 g/mol. The molecule has 3 aromatic carbocycles. The number of aromatic hydroxyl groups is 5. The molecular weight excluding hydrogens is 872 g/mol. The van der Waals surface area contributed by atoms with Crippen molar-refractivity contribution in [3.05, 3.63) is 70.4 Å². The second kappa shape index (κ2) is 19.0. The molecule has 4 aromatic rings. The molecule has 23 nitrogen and oxygen atoms in total. The van der Waals surface area contributed by atoms with Gasteiger partial charge in [0.05, 0.1) is 12.2 Å². The Bertz CT molecular complexity index is 2460. The van der Waals surface area contributed by atoms with Gasteiger partial charge in [-0.1, -0.05) is 6.07 Å². The number of hydrogen-bond acceptors (Lipinski definition) is 23. The Labute approximate surface area is 365 Å². The fourth-order valence-electron chi connectivity index (χ4n) is 7.23. The molecule has 7 rings (SSSR count). The predicted molar refractivity (Wildman–Crippen MR) is 214 cm³/mol. The molecular formula is C42H46O23. The Morgan fingerprint density at radius 2 is 1.25 bits per heavy atom. The summed E-state index contributed by atoms with van der Waals surface area (Å²) in [4.78, 5) is 26.9. The molecule has 65 heavy (non-hydrogen) atoms. The Morgan fingerprint density at radius 1 is 0.631 bits per heavy atom. The normalized spacial score (nSPS) is 32.9. The zero-order valence-corrected chi connectivity index (χ0v) is 34.0. The summed E-state index contributed by atoms with van der Waals surface area (Å²) in [5.41, 5.74) is -1.35. The van der Waals surface area contributed by atoms with Gasteiger partial charge in [0, 0.05) is 23.8 Å². The molecule has 352 valence electrons. The molecule has 3 saturated heterocycles. The zero-order chi connectivity index (χ0) is 47.2. The van der Waals surface area contributed by atoms with Crippen molar-refractivity contribution in [2.24, 2.45) is 0 Å². The molecule has 23 heteroatoms. The first-order valence-electron chi connectivity index (χ1n) is 19.9. The summed E-state index contributed by atoms with van der Waals surface area (Å²) in [5, 5.41) is 136. The number of fused-ring (bicyclic) bond motifs is 1. The van der Waals surface area contributed by atoms with Crippen molar-refractivity contribution < 1.29 is 109 Å². The maximum atomic E-state index is 14.4. The average molecular weight is 919 g/mol. The van der Waals surface area contributed by atoms with Gasteiger partial charge in [-0.15, -0.1) is 0 Å². The number of carbonyl (C=O) groups excluding carboxylic acids is 1. The van der Waals surface area contributed by atoms with E-state index in [4.69, 9.17) is 37.6 Å². The van der Waals surface area contributed by atoms with Crippen molar-refractivity contribution >= 4 is 23.0 Å². The van der Waals surface area contributed by atoms with Crippen molar-refractivity contribution in [1.82, 2.24) is 0 Å². The molecule has 3 aliphatic rings. The topological polar surface area (TPSA) is 375 Å². The minimum Gasteiger partial charge on any atom is -0.507 e. The van der Waals surface area contributed by atoms with Crippen LogP contribution in [0.3, 0.4) is 0 Å². The van der Waals surface area contributed by atoms with Crippen LogP contribution in [-0.2, 0) is 28.5 Å². The molecule has 3 fully saturated rings. The maximum absolute atomic E-state index is 14.4. The van der Waals surface area contributed by atoms with Crippen LogP contribution in [-0.4, -0.2) is 171 Å². The van der Waals surface area contributed by atoms with Crippen LogP contribution in [0.1, 0.15) is 19.4 Å². The highest BCUT2D eigenvalue weighted by Gasteiger charge is 2.51. The largest absolute Gasteiger partial charge is 0.507 e. The van der Waals surface area contributed by atoms with Crippen LogP contribution in [0.25, 0.3) is 28.4 Å². The van der Waals surface area contributed by atoms with Crippen molar-refractivity contribution in [3.8, 4) is 51.6 Å². The predicted octanol–water partition coefficient (Wildman–Crippen LogP) is -1.51. The number of aliphatic hydroxyl groups excluding tert-OH is 8. The average Bonchev–Trinajstić information content (AvgIpc) is 3.26. The van der Waals surface area contributed by atoms with Gasteiger partial charge >= 0.3 is 5.97 Å². The second-order valence-corrected chi connectivity index (χ2v) is 15.5. The minimum absolute atomic E-state index is 0.129. The van der Waals surface area contributed by atoms with Crippen LogP contribution < -0.4 is 14.9 Å². The number of aliphatic hydroxyl groups is 8. The van der Waals surface area contributed by atoms with Crippen molar-refractivity contribution in [3.63, 3.8) is 0 Å². The molecule has 0 unspecified atom stereocenters. The van der Waals surface area contributed by atoms with Crippen molar-refractivity contribution in [1.29, 1.82) is 0 Å². The Balaban J connectivity index is 1.18. The van der Waals surface area contributed by atoms with Gasteiger partial charge in [0.2, 0.25) is 23.8 Å². The summed E-state index contributed by atoms with van der Waals surface area (Å²) < 4.78 is 45.7. The summed E-state index contributed by atoms with van der Waals surface area (Å²) >= 11 is 0. The molecule has 0 aliphatic carbocycles. The fourth-order valence-corrected chi connectivity index (χ4v) is 7.23. The third-order valence-electron chi connectivity index (χ3n) is 11.0. The van der Waals surface area contributed by atoms with Gasteiger partial charge in [-0.25, -0.2) is 4.79 Å². The Morgan fingerprint density at radius 3 is 1.92 bits per heavy atom. The molecule has 13 N–H and O–H groups in total. The van der Waals surface area contributed by atoms with E-state index in [0.717, 1.165) is 36.4 Å². The van der Waals surface area contributed by atoms with Gasteiger partial charge < -0.3 is 104 Å². The number of benzene rings is 3. The van der Waals surface area contributed by atoms with Gasteiger partial charge in [-0.2, -0.15) is 0 Å². The van der Waals surface area contributed by atoms with Gasteiger partial charge in [0.15, 0.2) is 41.2 Å². The summed E-state index contributed by atoms with van der Waals surface area (Å²) in [6.45, 7) is 1.98. The van der Waals surface area contributed by atoms with E-state index in [-0.39, 0.29) is 11.3 Å². The van der Waals surface area contributed by atoms with Crippen LogP contribution in [0.4, 0.5) is 0 Å². The molecule has 0 spiro atoms. The van der Waals surface area contributed by atoms with Gasteiger partial charge in [0.25, 0.3) is 0 Å². The van der Waals surface area contributed by atoms with E-state index in [1.54, 1.807) is 0 Å². The molecule has 0 saturated carbocycles. The lowest BCUT2D eigenvalue weighted by Gasteiger charge is -2.45. The molecule has 0 bridgehead atoms. The van der Waals surface area contributed by atoms with E-state index in [9.17, 15) is 76.0 Å². The van der Waals surface area contributed by atoms with Crippen LogP contribution in [0.15, 0.2) is 63.8 Å². The molecule has 15 atom stereocenters. The Kier molecular flexibility index (Phi) is 13.8. The van der Waals surface area contributed by atoms with Gasteiger partial charge in [0.1, 0.15) is 84.0 Å². The number of hydrogen-bond donors (Lipinski definition) is 13. The van der Waals surface area contributed by atoms with Gasteiger partial charge in [-0.05, 0) is 55.8 Å². The lowest BCUT2D eigenvalue weighted by atomic mass is 9.97. The first-order valence-corrected chi connectivity index (χ1v) is 19.9. The summed E-state index contributed by atoms with van der Waals surface area (Å²) in [6, 6.07) is 8.97. The smallest absolute Gasteiger partial charge is 0.330 e. The van der Waals surface area contributed by atoms with Crippen LogP contribution in [0.5, 0.6) is 40.2 Å². The molecule has 1 aromatic heterocycles. The number of esters is 1. The standard InChI is InChI=1S/C42H46O23/c1-14-28(49)32(53)35(56)40(59-14)61-18-11-23(47)27-24(12-18)62-37(17-5-7-20(44)22(46)10-17)38(31(27)52)64-42-39(34(55)29(50)15(2)60-42)65-41-36(57)33(54)30(51)25(63-41)13-58-26(48)8-4-16-3-6-19(43)21(45)9-16/h3-12,14-15,25,28-30,32-36,39-47,49-51,53-57H,13H2,1-2H3/b8-4+/t14-,15-,25+,28-,29-,30+,32+,33-,34+,35+,36+,39+,40-,41-,42-/m0/s1. The lowest BCUT2D eigenvalue weighted by molar-refractivity contribution is -0.355. The maximum Gasteiger partial charge on any atom is 0.330 e. The number of phenolic OH excluding ortho intramolecular Hbond substituents is 5. The summed E-state index contributed by atoms with van der Waals surface area (Å²) in [5.74, 6) is -5.42. The summed E-state index contributed by atoms with van der Waals surface area (Å²) in [7, 11) is 0. The van der Waals surface area contributed by atoms with Crippen LogP contribution in [0.2, 0.25) is 0 Å². The Hall–Kier alpha value is -5.80.